The van der Waals surface area contributed by atoms with E-state index in [9.17, 15) is 0 Å². The molecule has 3 rings (SSSR count). The van der Waals surface area contributed by atoms with Crippen LogP contribution in [-0.4, -0.2) is 11.5 Å². The second-order valence-corrected chi connectivity index (χ2v) is 5.94. The summed E-state index contributed by atoms with van der Waals surface area (Å²) in [5, 5.41) is 8.40. The van der Waals surface area contributed by atoms with E-state index in [4.69, 9.17) is 12.2 Å². The Hall–Kier alpha value is -0.620. The first-order valence-electron chi connectivity index (χ1n) is 5.72. The van der Waals surface area contributed by atoms with Crippen molar-refractivity contribution < 1.29 is 0 Å². The molecule has 4 heteroatoms. The van der Waals surface area contributed by atoms with Crippen LogP contribution in [0.4, 0.5) is 0 Å². The summed E-state index contributed by atoms with van der Waals surface area (Å²) < 4.78 is 1.39. The van der Waals surface area contributed by atoms with Crippen molar-refractivity contribution in [3.63, 3.8) is 0 Å². The monoisotopic (exact) mass is 356 g/mol. The van der Waals surface area contributed by atoms with Gasteiger partial charge < -0.3 is 10.6 Å². The fourth-order valence-corrected chi connectivity index (χ4v) is 3.50. The number of hydrogen-bond donors (Lipinski definition) is 2. The zero-order valence-corrected chi connectivity index (χ0v) is 12.2. The molecule has 0 amide bonds. The second-order valence-electron chi connectivity index (χ2n) is 4.51. The molecule has 0 aromatic heterocycles. The molecular weight excluding hydrogens is 343 g/mol. The first-order chi connectivity index (χ1) is 8.28. The van der Waals surface area contributed by atoms with Crippen LogP contribution in [0.3, 0.4) is 0 Å². The Kier molecular flexibility index (Phi) is 3.08. The van der Waals surface area contributed by atoms with E-state index in [1.54, 1.807) is 5.37 Å². The Bertz CT molecular complexity index is 498. The van der Waals surface area contributed by atoms with Crippen LogP contribution in [0.25, 0.3) is 0 Å². The van der Waals surface area contributed by atoms with Gasteiger partial charge in [-0.3, -0.25) is 0 Å². The molecule has 2 N–H and O–H groups in total. The highest BCUT2D eigenvalue weighted by Crippen LogP contribution is 2.33. The Balaban J connectivity index is 1.79. The fraction of sp³-hybridized carbons (Fsp3) is 0.308. The van der Waals surface area contributed by atoms with Gasteiger partial charge in [-0.2, -0.15) is 0 Å². The van der Waals surface area contributed by atoms with Crippen molar-refractivity contribution in [3.8, 4) is 0 Å². The molecule has 88 valence electrons. The third-order valence-corrected chi connectivity index (χ3v) is 4.73. The summed E-state index contributed by atoms with van der Waals surface area (Å²) in [5.74, 6) is 0.577. The normalized spacial score (nSPS) is 25.8. The maximum Gasteiger partial charge on any atom is 0.126 e. The van der Waals surface area contributed by atoms with Crippen LogP contribution in [0.15, 0.2) is 30.1 Å². The van der Waals surface area contributed by atoms with Crippen molar-refractivity contribution in [1.29, 1.82) is 0 Å². The third kappa shape index (κ3) is 2.08. The van der Waals surface area contributed by atoms with Crippen molar-refractivity contribution in [3.05, 3.63) is 44.8 Å². The number of allylic oxidation sites excluding steroid dienone is 1. The summed E-state index contributed by atoms with van der Waals surface area (Å²) in [6.07, 6.45) is 4.48. The Morgan fingerprint density at radius 1 is 1.35 bits per heavy atom. The summed E-state index contributed by atoms with van der Waals surface area (Å²) in [7, 11) is 0. The zero-order chi connectivity index (χ0) is 11.8. The van der Waals surface area contributed by atoms with E-state index in [0.29, 0.717) is 5.92 Å². The van der Waals surface area contributed by atoms with Crippen LogP contribution in [0, 0.1) is 9.49 Å². The van der Waals surface area contributed by atoms with E-state index in [-0.39, 0.29) is 6.17 Å². The van der Waals surface area contributed by atoms with Gasteiger partial charge in [-0.15, -0.1) is 0 Å². The lowest BCUT2D eigenvalue weighted by Crippen LogP contribution is -2.34. The van der Waals surface area contributed by atoms with E-state index in [0.717, 1.165) is 12.8 Å². The van der Waals surface area contributed by atoms with Gasteiger partial charge in [0, 0.05) is 26.8 Å². The van der Waals surface area contributed by atoms with Gasteiger partial charge in [0.15, 0.2) is 0 Å². The fourth-order valence-electron chi connectivity index (χ4n) is 2.58. The van der Waals surface area contributed by atoms with Crippen molar-refractivity contribution in [1.82, 2.24) is 10.6 Å². The van der Waals surface area contributed by atoms with E-state index in [2.05, 4.69) is 57.6 Å². The Labute approximate surface area is 120 Å². The van der Waals surface area contributed by atoms with Gasteiger partial charge in [0.25, 0.3) is 0 Å². The molecule has 0 saturated heterocycles. The van der Waals surface area contributed by atoms with Crippen molar-refractivity contribution in [2.24, 2.45) is 5.92 Å². The van der Waals surface area contributed by atoms with E-state index >= 15 is 0 Å². The molecule has 2 atom stereocenters. The lowest BCUT2D eigenvalue weighted by molar-refractivity contribution is 0.591. The van der Waals surface area contributed by atoms with E-state index in [1.165, 1.54) is 20.4 Å². The van der Waals surface area contributed by atoms with Crippen LogP contribution >= 0.6 is 34.8 Å². The third-order valence-electron chi connectivity index (χ3n) is 3.45. The van der Waals surface area contributed by atoms with E-state index < -0.39 is 0 Å². The molecule has 2 unspecified atom stereocenters. The predicted octanol–water partition coefficient (Wildman–Crippen LogP) is 2.37. The highest BCUT2D eigenvalue weighted by atomic mass is 127. The maximum atomic E-state index is 4.94. The smallest absolute Gasteiger partial charge is 0.126 e. The largest absolute Gasteiger partial charge is 0.366 e. The molecule has 0 saturated carbocycles. The van der Waals surface area contributed by atoms with Crippen LogP contribution in [-0.2, 0) is 12.8 Å². The van der Waals surface area contributed by atoms with Crippen LogP contribution in [0.5, 0.6) is 0 Å². The maximum absolute atomic E-state index is 4.94. The SMILES string of the molecule is S=CC1NC=C(C2Cc3cccc(I)c3C2)N1. The molecule has 2 nitrogen and oxygen atoms in total. The number of thiocarbonyl (C=S) groups is 1. The van der Waals surface area contributed by atoms with Gasteiger partial charge in [-0.25, -0.2) is 0 Å². The molecule has 1 aliphatic heterocycles. The summed E-state index contributed by atoms with van der Waals surface area (Å²) >= 11 is 7.38. The van der Waals surface area contributed by atoms with Gasteiger partial charge in [0.05, 0.1) is 0 Å². The van der Waals surface area contributed by atoms with Gasteiger partial charge >= 0.3 is 0 Å². The van der Waals surface area contributed by atoms with E-state index in [1.807, 2.05) is 0 Å². The number of nitrogens with one attached hydrogen (secondary N) is 2. The molecule has 1 heterocycles. The first-order valence-corrected chi connectivity index (χ1v) is 7.27. The Morgan fingerprint density at radius 2 is 2.24 bits per heavy atom. The van der Waals surface area contributed by atoms with Crippen LogP contribution < -0.4 is 10.6 Å². The van der Waals surface area contributed by atoms with Gasteiger partial charge in [0.1, 0.15) is 6.17 Å². The number of rotatable bonds is 2. The molecule has 0 bridgehead atoms. The lowest BCUT2D eigenvalue weighted by atomic mass is 10.0. The zero-order valence-electron chi connectivity index (χ0n) is 9.24. The standard InChI is InChI=1S/C13H13IN2S/c14-11-3-1-2-8-4-9(5-10(8)11)12-6-15-13(7-17)16-12/h1-3,6-7,9,13,15-16H,4-5H2. The van der Waals surface area contributed by atoms with Crippen molar-refractivity contribution in [2.75, 3.05) is 0 Å². The molecule has 1 aliphatic carbocycles. The predicted molar refractivity (Wildman–Crippen MR) is 81.9 cm³/mol. The molecule has 1 aromatic rings. The first kappa shape index (κ1) is 11.5. The minimum atomic E-state index is 0.128. The van der Waals surface area contributed by atoms with Crippen molar-refractivity contribution >= 4 is 40.2 Å². The Morgan fingerprint density at radius 3 is 2.94 bits per heavy atom. The summed E-state index contributed by atoms with van der Waals surface area (Å²) in [6, 6.07) is 6.59. The molecule has 0 fully saturated rings. The van der Waals surface area contributed by atoms with Crippen LogP contribution in [0.1, 0.15) is 11.1 Å². The minimum Gasteiger partial charge on any atom is -0.366 e. The van der Waals surface area contributed by atoms with Crippen molar-refractivity contribution in [2.45, 2.75) is 19.0 Å². The minimum absolute atomic E-state index is 0.128. The number of fused-ring (bicyclic) bond motifs is 1. The molecular formula is C13H13IN2S. The average molecular weight is 356 g/mol. The molecule has 2 aliphatic rings. The highest BCUT2D eigenvalue weighted by molar-refractivity contribution is 14.1. The quantitative estimate of drug-likeness (QED) is 0.629. The van der Waals surface area contributed by atoms with Crippen LogP contribution in [0.2, 0.25) is 0 Å². The number of halogens is 1. The van der Waals surface area contributed by atoms with Gasteiger partial charge in [-0.1, -0.05) is 24.4 Å². The second kappa shape index (κ2) is 4.57. The number of hydrogen-bond acceptors (Lipinski definition) is 3. The average Bonchev–Trinajstić information content (AvgIpc) is 2.95. The molecule has 0 spiro atoms. The van der Waals surface area contributed by atoms with Gasteiger partial charge in [0.2, 0.25) is 0 Å². The molecule has 1 aromatic carbocycles. The summed E-state index contributed by atoms with van der Waals surface area (Å²) in [4.78, 5) is 0. The highest BCUT2D eigenvalue weighted by Gasteiger charge is 2.28. The summed E-state index contributed by atoms with van der Waals surface area (Å²) in [5.41, 5.74) is 4.31. The molecule has 0 radical (unpaired) electrons. The summed E-state index contributed by atoms with van der Waals surface area (Å²) in [6.45, 7) is 0. The lowest BCUT2D eigenvalue weighted by Gasteiger charge is -2.13. The molecule has 17 heavy (non-hydrogen) atoms. The topological polar surface area (TPSA) is 24.1 Å². The number of benzene rings is 1. The van der Waals surface area contributed by atoms with Gasteiger partial charge in [-0.05, 0) is 52.6 Å².